The third kappa shape index (κ3) is 11.2. The minimum atomic E-state index is -0.831. The van der Waals surface area contributed by atoms with Crippen LogP contribution >= 0.6 is 11.8 Å². The van der Waals surface area contributed by atoms with Gasteiger partial charge in [0.05, 0.1) is 12.2 Å². The average molecular weight is 235 g/mol. The zero-order valence-electron chi connectivity index (χ0n) is 8.82. The summed E-state index contributed by atoms with van der Waals surface area (Å²) in [5.74, 6) is -0.0920. The van der Waals surface area contributed by atoms with Crippen LogP contribution in [0.25, 0.3) is 0 Å². The van der Waals surface area contributed by atoms with Crippen LogP contribution in [0, 0.1) is 0 Å². The summed E-state index contributed by atoms with van der Waals surface area (Å²) in [5.41, 5.74) is 0. The number of carboxylic acids is 1. The molecule has 0 unspecified atom stereocenters. The number of hydrogen-bond acceptors (Lipinski definition) is 4. The summed E-state index contributed by atoms with van der Waals surface area (Å²) in [7, 11) is 1.61. The Labute approximate surface area is 93.6 Å². The van der Waals surface area contributed by atoms with Crippen molar-refractivity contribution in [3.63, 3.8) is 0 Å². The lowest BCUT2D eigenvalue weighted by Crippen LogP contribution is -2.27. The first kappa shape index (κ1) is 14.2. The molecule has 15 heavy (non-hydrogen) atoms. The van der Waals surface area contributed by atoms with Crippen molar-refractivity contribution in [3.8, 4) is 0 Å². The van der Waals surface area contributed by atoms with Crippen LogP contribution in [-0.4, -0.2) is 48.8 Å². The SMILES string of the molecule is COCCCNC(=O)CSCCC(=O)O. The van der Waals surface area contributed by atoms with Gasteiger partial charge in [0.25, 0.3) is 0 Å². The second kappa shape index (κ2) is 9.79. The van der Waals surface area contributed by atoms with Gasteiger partial charge in [-0.1, -0.05) is 0 Å². The average Bonchev–Trinajstić information content (AvgIpc) is 2.19. The Hall–Kier alpha value is -0.750. The normalized spacial score (nSPS) is 9.93. The number of amides is 1. The molecule has 2 N–H and O–H groups in total. The lowest BCUT2D eigenvalue weighted by Gasteiger charge is -2.03. The van der Waals surface area contributed by atoms with Crippen molar-refractivity contribution >= 4 is 23.6 Å². The van der Waals surface area contributed by atoms with Gasteiger partial charge in [0.1, 0.15) is 0 Å². The molecule has 0 aromatic heterocycles. The summed E-state index contributed by atoms with van der Waals surface area (Å²) >= 11 is 1.33. The summed E-state index contributed by atoms with van der Waals surface area (Å²) < 4.78 is 4.83. The maximum atomic E-state index is 11.1. The van der Waals surface area contributed by atoms with Gasteiger partial charge in [-0.15, -0.1) is 0 Å². The zero-order valence-corrected chi connectivity index (χ0v) is 9.64. The van der Waals surface area contributed by atoms with Crippen molar-refractivity contribution < 1.29 is 19.4 Å². The topological polar surface area (TPSA) is 75.6 Å². The Kier molecular flexibility index (Phi) is 9.30. The number of carbonyl (C=O) groups excluding carboxylic acids is 1. The molecule has 0 aliphatic carbocycles. The molecule has 0 heterocycles. The van der Waals surface area contributed by atoms with Crippen LogP contribution in [0.15, 0.2) is 0 Å². The molecule has 0 radical (unpaired) electrons. The maximum Gasteiger partial charge on any atom is 0.304 e. The minimum Gasteiger partial charge on any atom is -0.481 e. The molecule has 0 aliphatic heterocycles. The number of methoxy groups -OCH3 is 1. The Balaban J connectivity index is 3.22. The highest BCUT2D eigenvalue weighted by molar-refractivity contribution is 7.99. The molecule has 0 rings (SSSR count). The number of hydrogen-bond donors (Lipinski definition) is 2. The van der Waals surface area contributed by atoms with Gasteiger partial charge in [-0.3, -0.25) is 9.59 Å². The molecule has 1 amide bonds. The molecule has 0 spiro atoms. The molecule has 0 atom stereocenters. The summed E-state index contributed by atoms with van der Waals surface area (Å²) in [4.78, 5) is 21.3. The van der Waals surface area contributed by atoms with Crippen LogP contribution in [0.2, 0.25) is 0 Å². The molecule has 5 nitrogen and oxygen atoms in total. The van der Waals surface area contributed by atoms with Crippen molar-refractivity contribution in [2.75, 3.05) is 31.8 Å². The number of nitrogens with one attached hydrogen (secondary N) is 1. The molecule has 88 valence electrons. The highest BCUT2D eigenvalue weighted by atomic mass is 32.2. The number of rotatable bonds is 9. The lowest BCUT2D eigenvalue weighted by molar-refractivity contribution is -0.136. The van der Waals surface area contributed by atoms with Gasteiger partial charge in [0, 0.05) is 26.0 Å². The summed E-state index contributed by atoms with van der Waals surface area (Å²) in [6.07, 6.45) is 0.893. The molecule has 0 aromatic rings. The Morgan fingerprint density at radius 1 is 1.47 bits per heavy atom. The van der Waals surface area contributed by atoms with Crippen LogP contribution in [0.5, 0.6) is 0 Å². The van der Waals surface area contributed by atoms with Gasteiger partial charge in [-0.05, 0) is 6.42 Å². The molecule has 0 aliphatic rings. The fourth-order valence-corrected chi connectivity index (χ4v) is 1.57. The van der Waals surface area contributed by atoms with E-state index in [4.69, 9.17) is 9.84 Å². The molecule has 0 saturated carbocycles. The number of ether oxygens (including phenoxy) is 1. The third-order valence-electron chi connectivity index (χ3n) is 1.54. The number of carboxylic acid groups (broad SMARTS) is 1. The van der Waals surface area contributed by atoms with Crippen LogP contribution in [0.1, 0.15) is 12.8 Å². The second-order valence-electron chi connectivity index (χ2n) is 2.89. The van der Waals surface area contributed by atoms with E-state index in [2.05, 4.69) is 5.32 Å². The van der Waals surface area contributed by atoms with Crippen molar-refractivity contribution in [1.29, 1.82) is 0 Å². The Bertz CT molecular complexity index is 199. The van der Waals surface area contributed by atoms with Crippen molar-refractivity contribution in [2.24, 2.45) is 0 Å². The van der Waals surface area contributed by atoms with E-state index >= 15 is 0 Å². The van der Waals surface area contributed by atoms with Crippen LogP contribution < -0.4 is 5.32 Å². The van der Waals surface area contributed by atoms with E-state index in [0.717, 1.165) is 6.42 Å². The molecule has 0 fully saturated rings. The monoisotopic (exact) mass is 235 g/mol. The molecule has 6 heteroatoms. The lowest BCUT2D eigenvalue weighted by atomic mass is 10.4. The summed E-state index contributed by atoms with van der Waals surface area (Å²) in [6.45, 7) is 1.23. The van der Waals surface area contributed by atoms with Gasteiger partial charge in [0.2, 0.25) is 5.91 Å². The van der Waals surface area contributed by atoms with E-state index in [1.807, 2.05) is 0 Å². The number of carbonyl (C=O) groups is 2. The fraction of sp³-hybridized carbons (Fsp3) is 0.778. The van der Waals surface area contributed by atoms with E-state index in [0.29, 0.717) is 24.7 Å². The quantitative estimate of drug-likeness (QED) is 0.564. The van der Waals surface area contributed by atoms with Gasteiger partial charge in [0.15, 0.2) is 0 Å². The van der Waals surface area contributed by atoms with Crippen molar-refractivity contribution in [1.82, 2.24) is 5.32 Å². The van der Waals surface area contributed by atoms with Crippen LogP contribution in [0.4, 0.5) is 0 Å². The van der Waals surface area contributed by atoms with E-state index in [-0.39, 0.29) is 12.3 Å². The first-order valence-corrected chi connectivity index (χ1v) is 5.87. The molecule has 0 aromatic carbocycles. The smallest absolute Gasteiger partial charge is 0.304 e. The largest absolute Gasteiger partial charge is 0.481 e. The van der Waals surface area contributed by atoms with Crippen LogP contribution in [0.3, 0.4) is 0 Å². The van der Waals surface area contributed by atoms with Crippen LogP contribution in [-0.2, 0) is 14.3 Å². The summed E-state index contributed by atoms with van der Waals surface area (Å²) in [6, 6.07) is 0. The zero-order chi connectivity index (χ0) is 11.5. The first-order valence-electron chi connectivity index (χ1n) is 4.72. The summed E-state index contributed by atoms with van der Waals surface area (Å²) in [5, 5.41) is 11.1. The van der Waals surface area contributed by atoms with E-state index in [1.54, 1.807) is 7.11 Å². The molecular weight excluding hydrogens is 218 g/mol. The standard InChI is InChI=1S/C9H17NO4S/c1-14-5-2-4-10-8(11)7-15-6-3-9(12)13/h2-7H2,1H3,(H,10,11)(H,12,13). The highest BCUT2D eigenvalue weighted by Gasteiger charge is 2.02. The fourth-order valence-electron chi connectivity index (χ4n) is 0.820. The highest BCUT2D eigenvalue weighted by Crippen LogP contribution is 2.01. The molecule has 0 bridgehead atoms. The first-order chi connectivity index (χ1) is 7.16. The van der Waals surface area contributed by atoms with Gasteiger partial charge < -0.3 is 15.2 Å². The Morgan fingerprint density at radius 3 is 2.80 bits per heavy atom. The number of thioether (sulfide) groups is 1. The predicted molar refractivity (Wildman–Crippen MR) is 59.1 cm³/mol. The van der Waals surface area contributed by atoms with Gasteiger partial charge >= 0.3 is 5.97 Å². The predicted octanol–water partition coefficient (Wildman–Crippen LogP) is 0.347. The third-order valence-corrected chi connectivity index (χ3v) is 2.50. The second-order valence-corrected chi connectivity index (χ2v) is 4.00. The maximum absolute atomic E-state index is 11.1. The van der Waals surface area contributed by atoms with Crippen molar-refractivity contribution in [3.05, 3.63) is 0 Å². The van der Waals surface area contributed by atoms with E-state index < -0.39 is 5.97 Å². The Morgan fingerprint density at radius 2 is 2.20 bits per heavy atom. The van der Waals surface area contributed by atoms with Gasteiger partial charge in [-0.25, -0.2) is 0 Å². The molecular formula is C9H17NO4S. The number of aliphatic carboxylic acids is 1. The van der Waals surface area contributed by atoms with Crippen molar-refractivity contribution in [2.45, 2.75) is 12.8 Å². The van der Waals surface area contributed by atoms with E-state index in [9.17, 15) is 9.59 Å². The minimum absolute atomic E-state index is 0.0542. The van der Waals surface area contributed by atoms with E-state index in [1.165, 1.54) is 11.8 Å². The molecule has 0 saturated heterocycles. The van der Waals surface area contributed by atoms with Gasteiger partial charge in [-0.2, -0.15) is 11.8 Å².